The van der Waals surface area contributed by atoms with Gasteiger partial charge in [0.25, 0.3) is 0 Å². The van der Waals surface area contributed by atoms with Gasteiger partial charge < -0.3 is 15.7 Å². The number of nitrogens with zero attached hydrogens (tertiary/aromatic N) is 2. The Morgan fingerprint density at radius 1 is 1.79 bits per heavy atom. The van der Waals surface area contributed by atoms with Crippen LogP contribution in [0, 0.1) is 0 Å². The highest BCUT2D eigenvalue weighted by Gasteiger charge is 2.22. The molecular weight excluding hydrogens is 202 g/mol. The van der Waals surface area contributed by atoms with E-state index in [-0.39, 0.29) is 11.7 Å². The number of aromatic nitrogens is 1. The zero-order chi connectivity index (χ0) is 10.1. The maximum Gasteiger partial charge on any atom is 0.355 e. The Hall–Kier alpha value is -1.14. The molecule has 76 valence electrons. The molecule has 1 fully saturated rings. The molecule has 1 unspecified atom stereocenters. The minimum atomic E-state index is -0.976. The van der Waals surface area contributed by atoms with E-state index >= 15 is 0 Å². The van der Waals surface area contributed by atoms with Gasteiger partial charge in [0, 0.05) is 24.5 Å². The zero-order valence-electron chi connectivity index (χ0n) is 7.51. The van der Waals surface area contributed by atoms with Gasteiger partial charge in [-0.05, 0) is 6.42 Å². The second-order valence-electron chi connectivity index (χ2n) is 3.32. The van der Waals surface area contributed by atoms with E-state index in [1.54, 1.807) is 5.38 Å². The number of rotatable bonds is 2. The van der Waals surface area contributed by atoms with Crippen molar-refractivity contribution in [2.75, 3.05) is 18.0 Å². The van der Waals surface area contributed by atoms with Crippen molar-refractivity contribution in [3.05, 3.63) is 11.1 Å². The normalized spacial score (nSPS) is 21.5. The van der Waals surface area contributed by atoms with Gasteiger partial charge in [0.2, 0.25) is 0 Å². The van der Waals surface area contributed by atoms with Crippen LogP contribution in [0.5, 0.6) is 0 Å². The fourth-order valence-electron chi connectivity index (χ4n) is 1.47. The Morgan fingerprint density at radius 2 is 2.57 bits per heavy atom. The summed E-state index contributed by atoms with van der Waals surface area (Å²) in [4.78, 5) is 16.6. The molecule has 0 aliphatic carbocycles. The monoisotopic (exact) mass is 213 g/mol. The summed E-state index contributed by atoms with van der Waals surface area (Å²) in [6, 6.07) is 0.187. The van der Waals surface area contributed by atoms with Gasteiger partial charge in [0.15, 0.2) is 10.8 Å². The predicted octanol–water partition coefficient (Wildman–Crippen LogP) is 0.379. The molecule has 14 heavy (non-hydrogen) atoms. The summed E-state index contributed by atoms with van der Waals surface area (Å²) < 4.78 is 0. The molecule has 1 atom stereocenters. The first-order valence-corrected chi connectivity index (χ1v) is 5.24. The molecular formula is C8H11N3O2S. The number of carbonyl (C=O) groups is 1. The molecule has 2 rings (SSSR count). The molecule has 1 aliphatic rings. The topological polar surface area (TPSA) is 79.5 Å². The first-order valence-electron chi connectivity index (χ1n) is 4.36. The van der Waals surface area contributed by atoms with E-state index in [0.29, 0.717) is 0 Å². The minimum absolute atomic E-state index is 0.116. The number of carboxylic acid groups (broad SMARTS) is 1. The van der Waals surface area contributed by atoms with Crippen LogP contribution < -0.4 is 10.6 Å². The Morgan fingerprint density at radius 3 is 3.07 bits per heavy atom. The van der Waals surface area contributed by atoms with Crippen LogP contribution in [0.25, 0.3) is 0 Å². The number of aromatic carboxylic acids is 1. The van der Waals surface area contributed by atoms with Crippen LogP contribution in [-0.4, -0.2) is 35.2 Å². The van der Waals surface area contributed by atoms with Gasteiger partial charge in [-0.15, -0.1) is 11.3 Å². The molecule has 2 heterocycles. The highest BCUT2D eigenvalue weighted by molar-refractivity contribution is 7.13. The van der Waals surface area contributed by atoms with Crippen molar-refractivity contribution < 1.29 is 9.90 Å². The standard InChI is InChI=1S/C8H11N3O2S/c9-5-1-2-11(3-5)8-10-6(4-14-8)7(12)13/h4-5H,1-3,9H2,(H,12,13). The average Bonchev–Trinajstić information content (AvgIpc) is 2.70. The van der Waals surface area contributed by atoms with Crippen molar-refractivity contribution in [1.82, 2.24) is 4.98 Å². The summed E-state index contributed by atoms with van der Waals surface area (Å²) >= 11 is 1.36. The largest absolute Gasteiger partial charge is 0.476 e. The summed E-state index contributed by atoms with van der Waals surface area (Å²) in [5.74, 6) is -0.976. The Bertz CT molecular complexity index is 352. The summed E-state index contributed by atoms with van der Waals surface area (Å²) in [7, 11) is 0. The maximum absolute atomic E-state index is 10.6. The fraction of sp³-hybridized carbons (Fsp3) is 0.500. The van der Waals surface area contributed by atoms with Crippen molar-refractivity contribution in [3.63, 3.8) is 0 Å². The Balaban J connectivity index is 2.13. The summed E-state index contributed by atoms with van der Waals surface area (Å²) in [6.07, 6.45) is 0.946. The fourth-order valence-corrected chi connectivity index (χ4v) is 2.31. The second kappa shape index (κ2) is 3.55. The molecule has 3 N–H and O–H groups in total. The lowest BCUT2D eigenvalue weighted by atomic mass is 10.3. The molecule has 1 saturated heterocycles. The van der Waals surface area contributed by atoms with Crippen LogP contribution >= 0.6 is 11.3 Å². The van der Waals surface area contributed by atoms with Crippen LogP contribution in [0.1, 0.15) is 16.9 Å². The molecule has 0 bridgehead atoms. The summed E-state index contributed by atoms with van der Waals surface area (Å²) in [5, 5.41) is 11.0. The highest BCUT2D eigenvalue weighted by atomic mass is 32.1. The lowest BCUT2D eigenvalue weighted by Gasteiger charge is -2.12. The SMILES string of the molecule is NC1CCN(c2nc(C(=O)O)cs2)C1. The zero-order valence-corrected chi connectivity index (χ0v) is 8.33. The number of thiazole rings is 1. The van der Waals surface area contributed by atoms with Crippen molar-refractivity contribution in [2.24, 2.45) is 5.73 Å². The van der Waals surface area contributed by atoms with E-state index in [0.717, 1.165) is 24.6 Å². The molecule has 6 heteroatoms. The van der Waals surface area contributed by atoms with E-state index in [1.807, 2.05) is 4.90 Å². The van der Waals surface area contributed by atoms with E-state index in [2.05, 4.69) is 4.98 Å². The number of nitrogens with two attached hydrogens (primary N) is 1. The third-order valence-electron chi connectivity index (χ3n) is 2.21. The number of anilines is 1. The molecule has 0 saturated carbocycles. The third kappa shape index (κ3) is 1.71. The lowest BCUT2D eigenvalue weighted by molar-refractivity contribution is 0.0691. The van der Waals surface area contributed by atoms with Crippen molar-refractivity contribution in [3.8, 4) is 0 Å². The van der Waals surface area contributed by atoms with Crippen LogP contribution in [0.15, 0.2) is 5.38 Å². The van der Waals surface area contributed by atoms with Crippen LogP contribution in [0.2, 0.25) is 0 Å². The molecule has 0 radical (unpaired) electrons. The third-order valence-corrected chi connectivity index (χ3v) is 3.11. The van der Waals surface area contributed by atoms with Gasteiger partial charge >= 0.3 is 5.97 Å². The van der Waals surface area contributed by atoms with Gasteiger partial charge in [0.1, 0.15) is 0 Å². The molecule has 0 amide bonds. The highest BCUT2D eigenvalue weighted by Crippen LogP contribution is 2.23. The van der Waals surface area contributed by atoms with Gasteiger partial charge in [-0.25, -0.2) is 9.78 Å². The van der Waals surface area contributed by atoms with E-state index in [1.165, 1.54) is 11.3 Å². The van der Waals surface area contributed by atoms with Gasteiger partial charge in [0.05, 0.1) is 0 Å². The first-order chi connectivity index (χ1) is 6.66. The van der Waals surface area contributed by atoms with Gasteiger partial charge in [-0.1, -0.05) is 0 Å². The maximum atomic E-state index is 10.6. The molecule has 1 aliphatic heterocycles. The molecule has 5 nitrogen and oxygen atoms in total. The molecule has 1 aromatic rings. The van der Waals surface area contributed by atoms with Gasteiger partial charge in [-0.2, -0.15) is 0 Å². The van der Waals surface area contributed by atoms with Crippen molar-refractivity contribution in [2.45, 2.75) is 12.5 Å². The average molecular weight is 213 g/mol. The van der Waals surface area contributed by atoms with Crippen LogP contribution in [-0.2, 0) is 0 Å². The predicted molar refractivity (Wildman–Crippen MR) is 53.9 cm³/mol. The first kappa shape index (κ1) is 9.42. The number of carboxylic acids is 1. The number of hydrogen-bond donors (Lipinski definition) is 2. The van der Waals surface area contributed by atoms with Crippen molar-refractivity contribution in [1.29, 1.82) is 0 Å². The second-order valence-corrected chi connectivity index (χ2v) is 4.15. The van der Waals surface area contributed by atoms with Gasteiger partial charge in [-0.3, -0.25) is 0 Å². The van der Waals surface area contributed by atoms with E-state index in [4.69, 9.17) is 10.8 Å². The van der Waals surface area contributed by atoms with E-state index < -0.39 is 5.97 Å². The van der Waals surface area contributed by atoms with E-state index in [9.17, 15) is 4.79 Å². The number of hydrogen-bond acceptors (Lipinski definition) is 5. The molecule has 1 aromatic heterocycles. The summed E-state index contributed by atoms with van der Waals surface area (Å²) in [6.45, 7) is 1.64. The summed E-state index contributed by atoms with van der Waals surface area (Å²) in [5.41, 5.74) is 5.86. The quantitative estimate of drug-likeness (QED) is 0.742. The minimum Gasteiger partial charge on any atom is -0.476 e. The van der Waals surface area contributed by atoms with Crippen LogP contribution in [0.3, 0.4) is 0 Å². The van der Waals surface area contributed by atoms with Crippen LogP contribution in [0.4, 0.5) is 5.13 Å². The molecule has 0 spiro atoms. The smallest absolute Gasteiger partial charge is 0.355 e. The lowest BCUT2D eigenvalue weighted by Crippen LogP contribution is -2.26. The van der Waals surface area contributed by atoms with Crippen molar-refractivity contribution >= 4 is 22.4 Å². The Labute approximate surface area is 85.2 Å². The Kier molecular flexibility index (Phi) is 2.39. The molecule has 0 aromatic carbocycles.